The van der Waals surface area contributed by atoms with Crippen molar-refractivity contribution in [3.8, 4) is 0 Å². The lowest BCUT2D eigenvalue weighted by Crippen LogP contribution is -2.70. The van der Waals surface area contributed by atoms with Gasteiger partial charge in [0, 0.05) is 15.5 Å². The minimum atomic E-state index is -0.821. The third-order valence-electron chi connectivity index (χ3n) is 7.04. The van der Waals surface area contributed by atoms with E-state index < -0.39 is 47.7 Å². The number of thioether (sulfide) groups is 1. The summed E-state index contributed by atoms with van der Waals surface area (Å²) in [6.07, 6.45) is -1.19. The molecule has 45 heavy (non-hydrogen) atoms. The molecular formula is C33H35N3O7S2. The number of carbonyl (C=O) groups is 4. The van der Waals surface area contributed by atoms with Crippen molar-refractivity contribution in [2.24, 2.45) is 0 Å². The second-order valence-corrected chi connectivity index (χ2v) is 13.9. The lowest BCUT2D eigenvalue weighted by Gasteiger charge is -2.49. The van der Waals surface area contributed by atoms with E-state index >= 15 is 0 Å². The highest BCUT2D eigenvalue weighted by molar-refractivity contribution is 8.00. The minimum absolute atomic E-state index is 0.0222. The predicted molar refractivity (Wildman–Crippen MR) is 171 cm³/mol. The maximum atomic E-state index is 13.7. The number of thiophene rings is 1. The average molecular weight is 650 g/mol. The zero-order valence-corrected chi connectivity index (χ0v) is 26.8. The number of nitrogens with zero attached hydrogens (tertiary/aromatic N) is 1. The summed E-state index contributed by atoms with van der Waals surface area (Å²) in [6, 6.07) is 21.4. The molecule has 0 saturated carbocycles. The Labute approximate surface area is 269 Å². The number of amides is 3. The molecule has 0 aliphatic carbocycles. The number of fused-ring (bicyclic) bond motifs is 1. The van der Waals surface area contributed by atoms with Gasteiger partial charge in [-0.25, -0.2) is 9.59 Å². The van der Waals surface area contributed by atoms with Crippen LogP contribution in [-0.2, 0) is 36.8 Å². The van der Waals surface area contributed by atoms with Crippen molar-refractivity contribution >= 4 is 47.0 Å². The summed E-state index contributed by atoms with van der Waals surface area (Å²) in [5.41, 5.74) is 1.35. The third kappa shape index (κ3) is 7.75. The van der Waals surface area contributed by atoms with E-state index in [1.54, 1.807) is 26.8 Å². The van der Waals surface area contributed by atoms with E-state index in [4.69, 9.17) is 9.47 Å². The molecule has 1 fully saturated rings. The van der Waals surface area contributed by atoms with Crippen LogP contribution in [0.15, 0.2) is 84.1 Å². The van der Waals surface area contributed by atoms with Crippen molar-refractivity contribution < 1.29 is 33.8 Å². The molecular weight excluding hydrogens is 615 g/mol. The molecule has 2 aromatic carbocycles. The average Bonchev–Trinajstić information content (AvgIpc) is 3.47. The number of carbonyl (C=O) groups excluding carboxylic acids is 4. The summed E-state index contributed by atoms with van der Waals surface area (Å²) in [5.74, 6) is -1.19. The molecule has 0 bridgehead atoms. The van der Waals surface area contributed by atoms with Gasteiger partial charge >= 0.3 is 12.1 Å². The normalized spacial score (nSPS) is 17.8. The number of nitrogens with one attached hydrogen (secondary N) is 2. The van der Waals surface area contributed by atoms with E-state index in [9.17, 15) is 24.3 Å². The van der Waals surface area contributed by atoms with E-state index in [2.05, 4.69) is 10.6 Å². The first-order valence-corrected chi connectivity index (χ1v) is 16.3. The number of rotatable bonds is 10. The highest BCUT2D eigenvalue weighted by Crippen LogP contribution is 2.41. The molecule has 3 aromatic rings. The van der Waals surface area contributed by atoms with Crippen molar-refractivity contribution in [2.75, 3.05) is 12.4 Å². The van der Waals surface area contributed by atoms with Gasteiger partial charge in [-0.15, -0.1) is 23.1 Å². The maximum Gasteiger partial charge on any atom is 0.407 e. The van der Waals surface area contributed by atoms with E-state index in [1.165, 1.54) is 28.0 Å². The molecule has 2 atom stereocenters. The topological polar surface area (TPSA) is 134 Å². The molecule has 10 nitrogen and oxygen atoms in total. The minimum Gasteiger partial charge on any atom is -0.448 e. The fraction of sp³-hybridized carbons (Fsp3) is 0.333. The fourth-order valence-electron chi connectivity index (χ4n) is 5.01. The Morgan fingerprint density at radius 3 is 2.20 bits per heavy atom. The Kier molecular flexibility index (Phi) is 9.96. The van der Waals surface area contributed by atoms with Crippen molar-refractivity contribution in [3.05, 3.63) is 105 Å². The molecule has 3 N–H and O–H groups in total. The van der Waals surface area contributed by atoms with Crippen LogP contribution in [0.1, 0.15) is 47.8 Å². The summed E-state index contributed by atoms with van der Waals surface area (Å²) in [4.78, 5) is 54.9. The molecule has 1 aromatic heterocycles. The van der Waals surface area contributed by atoms with Gasteiger partial charge < -0.3 is 25.2 Å². The Balaban J connectivity index is 1.22. The zero-order chi connectivity index (χ0) is 32.1. The number of aliphatic hydroxyl groups is 1. The van der Waals surface area contributed by atoms with Crippen LogP contribution in [0.2, 0.25) is 0 Å². The van der Waals surface area contributed by atoms with Crippen molar-refractivity contribution in [3.63, 3.8) is 0 Å². The number of hydrogen-bond donors (Lipinski definition) is 3. The van der Waals surface area contributed by atoms with Crippen LogP contribution >= 0.6 is 23.1 Å². The molecule has 5 rings (SSSR count). The molecule has 0 spiro atoms. The van der Waals surface area contributed by atoms with E-state index in [0.717, 1.165) is 20.9 Å². The predicted octanol–water partition coefficient (Wildman–Crippen LogP) is 4.29. The summed E-state index contributed by atoms with van der Waals surface area (Å²) in [6.45, 7) is 5.22. The van der Waals surface area contributed by atoms with E-state index in [0.29, 0.717) is 11.3 Å². The quantitative estimate of drug-likeness (QED) is 0.219. The number of benzene rings is 2. The van der Waals surface area contributed by atoms with Gasteiger partial charge in [0.25, 0.3) is 5.91 Å². The Bertz CT molecular complexity index is 1540. The smallest absolute Gasteiger partial charge is 0.407 e. The van der Waals surface area contributed by atoms with Crippen LogP contribution in [0, 0.1) is 0 Å². The Hall–Kier alpha value is -4.13. The summed E-state index contributed by atoms with van der Waals surface area (Å²) < 4.78 is 11.3. The van der Waals surface area contributed by atoms with Gasteiger partial charge in [0.15, 0.2) is 6.10 Å². The monoisotopic (exact) mass is 649 g/mol. The number of esters is 1. The van der Waals surface area contributed by atoms with Crippen LogP contribution in [0.25, 0.3) is 0 Å². The molecule has 3 amide bonds. The van der Waals surface area contributed by atoms with Gasteiger partial charge in [-0.3, -0.25) is 14.5 Å². The Morgan fingerprint density at radius 2 is 1.60 bits per heavy atom. The lowest BCUT2D eigenvalue weighted by atomic mass is 10.0. The molecule has 3 heterocycles. The summed E-state index contributed by atoms with van der Waals surface area (Å²) in [5, 5.41) is 15.1. The van der Waals surface area contributed by atoms with Gasteiger partial charge in [0.1, 0.15) is 22.7 Å². The van der Waals surface area contributed by atoms with E-state index in [-0.39, 0.29) is 24.6 Å². The van der Waals surface area contributed by atoms with Gasteiger partial charge in [0.05, 0.1) is 19.6 Å². The maximum absolute atomic E-state index is 13.7. The van der Waals surface area contributed by atoms with Crippen LogP contribution < -0.4 is 10.6 Å². The number of aliphatic hydroxyl groups excluding tert-OH is 1. The second-order valence-electron chi connectivity index (χ2n) is 11.6. The Morgan fingerprint density at radius 1 is 0.978 bits per heavy atom. The second kappa shape index (κ2) is 13.9. The highest BCUT2D eigenvalue weighted by atomic mass is 32.2. The number of alkyl carbamates (subject to hydrolysis) is 1. The first-order chi connectivity index (χ1) is 21.5. The molecule has 12 heteroatoms. The van der Waals surface area contributed by atoms with E-state index in [1.807, 2.05) is 66.7 Å². The van der Waals surface area contributed by atoms with Crippen LogP contribution in [0.4, 0.5) is 4.79 Å². The number of hydrogen-bond acceptors (Lipinski definition) is 9. The number of β-lactam (4-membered cyclic amide) rings is 1. The van der Waals surface area contributed by atoms with Crippen LogP contribution in [0.3, 0.4) is 0 Å². The molecule has 2 aliphatic heterocycles. The molecule has 0 radical (unpaired) electrons. The fourth-order valence-corrected chi connectivity index (χ4v) is 7.30. The first-order valence-electron chi connectivity index (χ1n) is 14.5. The van der Waals surface area contributed by atoms with Gasteiger partial charge in [-0.05, 0) is 49.6 Å². The van der Waals surface area contributed by atoms with Crippen molar-refractivity contribution in [2.45, 2.75) is 56.9 Å². The number of ether oxygens (including phenoxy) is 2. The summed E-state index contributed by atoms with van der Waals surface area (Å²) in [7, 11) is 0. The largest absolute Gasteiger partial charge is 0.448 e. The molecule has 2 aliphatic rings. The van der Waals surface area contributed by atoms with Crippen LogP contribution in [-0.4, -0.2) is 63.3 Å². The SMILES string of the molecule is CC(C)(C)OC(=O)NCc1ccc(CC(=O)N[C@@H]2C(=O)N3C(C(=O)OC(c4ccccc4)c4ccccc4)=C(CO)CS[C@@H]23)s1. The summed E-state index contributed by atoms with van der Waals surface area (Å²) >= 11 is 2.75. The van der Waals surface area contributed by atoms with Crippen molar-refractivity contribution in [1.82, 2.24) is 15.5 Å². The third-order valence-corrected chi connectivity index (χ3v) is 9.46. The highest BCUT2D eigenvalue weighted by Gasteiger charge is 2.54. The van der Waals surface area contributed by atoms with Crippen molar-refractivity contribution in [1.29, 1.82) is 0 Å². The molecule has 236 valence electrons. The lowest BCUT2D eigenvalue weighted by molar-refractivity contribution is -0.154. The molecule has 0 unspecified atom stereocenters. The van der Waals surface area contributed by atoms with Gasteiger partial charge in [-0.2, -0.15) is 0 Å². The molecule has 1 saturated heterocycles. The van der Waals surface area contributed by atoms with Gasteiger partial charge in [-0.1, -0.05) is 60.7 Å². The van der Waals surface area contributed by atoms with Crippen LogP contribution in [0.5, 0.6) is 0 Å². The first kappa shape index (κ1) is 32.3. The zero-order valence-electron chi connectivity index (χ0n) is 25.1. The standard InChI is InChI=1S/C33H35N3O7S2/c1-33(2,3)43-32(41)34-17-24-15-14-23(45-24)16-25(38)35-26-29(39)36-27(22(18-37)19-44-30(26)36)31(40)42-28(20-10-6-4-7-11-20)21-12-8-5-9-13-21/h4-15,26,28,30,37H,16-19H2,1-3H3,(H,34,41)(H,35,38)/t26-,30+/m1/s1. The van der Waals surface area contributed by atoms with Gasteiger partial charge in [0.2, 0.25) is 5.91 Å².